The standard InChI is InChI=1S/C11H17N3O/c12-10-3-1-2-8-6-14(7-9(8)10)5-4-11(13)15/h6-7,10H,1-5,12H2,(H2,13,15). The van der Waals surface area contributed by atoms with Gasteiger partial charge in [0.15, 0.2) is 0 Å². The van der Waals surface area contributed by atoms with Crippen LogP contribution in [0.2, 0.25) is 0 Å². The maximum absolute atomic E-state index is 10.7. The number of hydrogen-bond acceptors (Lipinski definition) is 2. The van der Waals surface area contributed by atoms with Crippen LogP contribution in [0.5, 0.6) is 0 Å². The molecule has 1 aliphatic rings. The van der Waals surface area contributed by atoms with Crippen molar-refractivity contribution in [3.8, 4) is 0 Å². The van der Waals surface area contributed by atoms with Gasteiger partial charge in [0.1, 0.15) is 0 Å². The number of rotatable bonds is 3. The maximum atomic E-state index is 10.7. The van der Waals surface area contributed by atoms with Gasteiger partial charge in [0.25, 0.3) is 0 Å². The zero-order chi connectivity index (χ0) is 10.8. The smallest absolute Gasteiger partial charge is 0.219 e. The van der Waals surface area contributed by atoms with Crippen molar-refractivity contribution in [1.29, 1.82) is 0 Å². The van der Waals surface area contributed by atoms with Crippen molar-refractivity contribution in [3.05, 3.63) is 23.5 Å². The zero-order valence-corrected chi connectivity index (χ0v) is 8.78. The topological polar surface area (TPSA) is 74.0 Å². The normalized spacial score (nSPS) is 19.9. The average molecular weight is 207 g/mol. The fourth-order valence-electron chi connectivity index (χ4n) is 2.15. The van der Waals surface area contributed by atoms with E-state index in [9.17, 15) is 4.79 Å². The third-order valence-electron chi connectivity index (χ3n) is 2.97. The lowest BCUT2D eigenvalue weighted by atomic mass is 9.92. The van der Waals surface area contributed by atoms with Gasteiger partial charge in [-0.1, -0.05) is 0 Å². The Hall–Kier alpha value is -1.29. The predicted molar refractivity (Wildman–Crippen MR) is 58.1 cm³/mol. The third-order valence-corrected chi connectivity index (χ3v) is 2.97. The Morgan fingerprint density at radius 1 is 1.53 bits per heavy atom. The molecule has 82 valence electrons. The van der Waals surface area contributed by atoms with Crippen LogP contribution < -0.4 is 11.5 Å². The lowest BCUT2D eigenvalue weighted by Crippen LogP contribution is -2.15. The summed E-state index contributed by atoms with van der Waals surface area (Å²) >= 11 is 0. The van der Waals surface area contributed by atoms with Crippen molar-refractivity contribution in [2.45, 2.75) is 38.3 Å². The minimum Gasteiger partial charge on any atom is -0.370 e. The van der Waals surface area contributed by atoms with Crippen LogP contribution >= 0.6 is 0 Å². The quantitative estimate of drug-likeness (QED) is 0.765. The van der Waals surface area contributed by atoms with Gasteiger partial charge in [-0.25, -0.2) is 0 Å². The van der Waals surface area contributed by atoms with Crippen molar-refractivity contribution in [2.75, 3.05) is 0 Å². The second-order valence-electron chi connectivity index (χ2n) is 4.19. The summed E-state index contributed by atoms with van der Waals surface area (Å²) in [5.74, 6) is -0.258. The molecule has 1 atom stereocenters. The molecule has 0 saturated heterocycles. The lowest BCUT2D eigenvalue weighted by Gasteiger charge is -2.17. The molecule has 0 fully saturated rings. The number of nitrogens with two attached hydrogens (primary N) is 2. The summed E-state index contributed by atoms with van der Waals surface area (Å²) in [6.45, 7) is 0.662. The van der Waals surface area contributed by atoms with Crippen molar-refractivity contribution in [2.24, 2.45) is 11.5 Å². The van der Waals surface area contributed by atoms with E-state index in [4.69, 9.17) is 11.5 Å². The van der Waals surface area contributed by atoms with Crippen LogP contribution in [0.3, 0.4) is 0 Å². The molecule has 15 heavy (non-hydrogen) atoms. The summed E-state index contributed by atoms with van der Waals surface area (Å²) in [7, 11) is 0. The number of nitrogens with zero attached hydrogens (tertiary/aromatic N) is 1. The summed E-state index contributed by atoms with van der Waals surface area (Å²) in [4.78, 5) is 10.7. The zero-order valence-electron chi connectivity index (χ0n) is 8.78. The Kier molecular flexibility index (Phi) is 2.77. The molecule has 0 spiro atoms. The molecule has 0 aromatic carbocycles. The van der Waals surface area contributed by atoms with Crippen LogP contribution in [0.15, 0.2) is 12.4 Å². The van der Waals surface area contributed by atoms with Gasteiger partial charge in [0.2, 0.25) is 5.91 Å². The van der Waals surface area contributed by atoms with E-state index in [0.29, 0.717) is 13.0 Å². The van der Waals surface area contributed by atoms with Gasteiger partial charge < -0.3 is 16.0 Å². The summed E-state index contributed by atoms with van der Waals surface area (Å²) in [6.07, 6.45) is 7.87. The monoisotopic (exact) mass is 207 g/mol. The summed E-state index contributed by atoms with van der Waals surface area (Å²) in [6, 6.07) is 0.170. The summed E-state index contributed by atoms with van der Waals surface area (Å²) < 4.78 is 2.03. The Bertz CT molecular complexity index is 370. The number of aryl methyl sites for hydroxylation is 2. The number of hydrogen-bond donors (Lipinski definition) is 2. The predicted octanol–water partition coefficient (Wildman–Crippen LogP) is 0.700. The first kappa shape index (κ1) is 10.2. The second kappa shape index (κ2) is 4.06. The second-order valence-corrected chi connectivity index (χ2v) is 4.19. The molecule has 4 nitrogen and oxygen atoms in total. The molecular weight excluding hydrogens is 190 g/mol. The number of fused-ring (bicyclic) bond motifs is 1. The van der Waals surface area contributed by atoms with Crippen LogP contribution in [0.4, 0.5) is 0 Å². The van der Waals surface area contributed by atoms with E-state index >= 15 is 0 Å². The van der Waals surface area contributed by atoms with Crippen LogP contribution in [-0.2, 0) is 17.8 Å². The molecule has 2 rings (SSSR count). The molecule has 1 heterocycles. The Morgan fingerprint density at radius 3 is 3.00 bits per heavy atom. The minimum absolute atomic E-state index is 0.170. The first-order valence-corrected chi connectivity index (χ1v) is 5.39. The number of aromatic nitrogens is 1. The van der Waals surface area contributed by atoms with Gasteiger partial charge >= 0.3 is 0 Å². The molecule has 4 heteroatoms. The van der Waals surface area contributed by atoms with Gasteiger partial charge in [-0.15, -0.1) is 0 Å². The first-order valence-electron chi connectivity index (χ1n) is 5.39. The molecule has 0 radical (unpaired) electrons. The van der Waals surface area contributed by atoms with Crippen LogP contribution in [0.1, 0.15) is 36.4 Å². The average Bonchev–Trinajstić information content (AvgIpc) is 2.59. The highest BCUT2D eigenvalue weighted by Crippen LogP contribution is 2.28. The molecule has 1 aliphatic carbocycles. The fourth-order valence-corrected chi connectivity index (χ4v) is 2.15. The van der Waals surface area contributed by atoms with Crippen molar-refractivity contribution >= 4 is 5.91 Å². The van der Waals surface area contributed by atoms with Crippen LogP contribution in [0.25, 0.3) is 0 Å². The Morgan fingerprint density at radius 2 is 2.33 bits per heavy atom. The van der Waals surface area contributed by atoms with Gasteiger partial charge in [-0.2, -0.15) is 0 Å². The number of amides is 1. The molecule has 0 bridgehead atoms. The van der Waals surface area contributed by atoms with Gasteiger partial charge in [0.05, 0.1) is 0 Å². The van der Waals surface area contributed by atoms with Crippen molar-refractivity contribution in [1.82, 2.24) is 4.57 Å². The van der Waals surface area contributed by atoms with Gasteiger partial charge in [0, 0.05) is 31.4 Å². The number of carbonyl (C=O) groups is 1. The third kappa shape index (κ3) is 2.21. The highest BCUT2D eigenvalue weighted by atomic mass is 16.1. The van der Waals surface area contributed by atoms with E-state index in [0.717, 1.165) is 19.3 Å². The largest absolute Gasteiger partial charge is 0.370 e. The highest BCUT2D eigenvalue weighted by Gasteiger charge is 2.18. The Balaban J connectivity index is 2.11. The maximum Gasteiger partial charge on any atom is 0.219 e. The molecule has 0 aliphatic heterocycles. The molecule has 0 saturated carbocycles. The van der Waals surface area contributed by atoms with E-state index in [1.807, 2.05) is 4.57 Å². The van der Waals surface area contributed by atoms with Crippen LogP contribution in [-0.4, -0.2) is 10.5 Å². The van der Waals surface area contributed by atoms with Gasteiger partial charge in [-0.3, -0.25) is 4.79 Å². The first-order chi connectivity index (χ1) is 7.16. The fraction of sp³-hybridized carbons (Fsp3) is 0.545. The van der Waals surface area contributed by atoms with E-state index in [2.05, 4.69) is 12.4 Å². The SMILES string of the molecule is NC(=O)CCn1cc2c(c1)C(N)CCC2. The minimum atomic E-state index is -0.258. The van der Waals surface area contributed by atoms with E-state index in [1.165, 1.54) is 11.1 Å². The molecular formula is C11H17N3O. The molecule has 1 aromatic heterocycles. The number of primary amides is 1. The lowest BCUT2D eigenvalue weighted by molar-refractivity contribution is -0.118. The van der Waals surface area contributed by atoms with E-state index < -0.39 is 0 Å². The van der Waals surface area contributed by atoms with E-state index in [-0.39, 0.29) is 11.9 Å². The molecule has 1 unspecified atom stereocenters. The van der Waals surface area contributed by atoms with E-state index in [1.54, 1.807) is 0 Å². The number of carbonyl (C=O) groups excluding carboxylic acids is 1. The van der Waals surface area contributed by atoms with Crippen molar-refractivity contribution in [3.63, 3.8) is 0 Å². The van der Waals surface area contributed by atoms with Crippen LogP contribution in [0, 0.1) is 0 Å². The summed E-state index contributed by atoms with van der Waals surface area (Å²) in [5, 5.41) is 0. The highest BCUT2D eigenvalue weighted by molar-refractivity contribution is 5.73. The Labute approximate surface area is 89.2 Å². The molecule has 4 N–H and O–H groups in total. The van der Waals surface area contributed by atoms with Gasteiger partial charge in [-0.05, 0) is 30.4 Å². The molecule has 1 amide bonds. The van der Waals surface area contributed by atoms with Crippen molar-refractivity contribution < 1.29 is 4.79 Å². The summed E-state index contributed by atoms with van der Waals surface area (Å²) in [5.41, 5.74) is 13.7. The molecule has 1 aromatic rings.